The monoisotopic (exact) mass is 272 g/mol. The molecule has 1 atom stereocenters. The second kappa shape index (κ2) is 6.73. The summed E-state index contributed by atoms with van der Waals surface area (Å²) < 4.78 is 0. The van der Waals surface area contributed by atoms with Crippen molar-refractivity contribution >= 4 is 0 Å². The Balaban J connectivity index is 1.70. The molecular formula is C18H28N2. The summed E-state index contributed by atoms with van der Waals surface area (Å²) in [5, 5.41) is 3.60. The highest BCUT2D eigenvalue weighted by Gasteiger charge is 2.25. The first-order chi connectivity index (χ1) is 9.88. The maximum absolute atomic E-state index is 3.60. The molecule has 1 heterocycles. The number of benzene rings is 1. The molecule has 0 aromatic heterocycles. The second-order valence-electron chi connectivity index (χ2n) is 6.41. The Morgan fingerprint density at radius 1 is 1.15 bits per heavy atom. The van der Waals surface area contributed by atoms with E-state index >= 15 is 0 Å². The first-order valence-corrected chi connectivity index (χ1v) is 8.41. The van der Waals surface area contributed by atoms with Crippen LogP contribution in [-0.4, -0.2) is 30.6 Å². The van der Waals surface area contributed by atoms with Crippen LogP contribution in [0.15, 0.2) is 24.3 Å². The van der Waals surface area contributed by atoms with Crippen LogP contribution in [-0.2, 0) is 6.54 Å². The van der Waals surface area contributed by atoms with E-state index < -0.39 is 0 Å². The lowest BCUT2D eigenvalue weighted by molar-refractivity contribution is 0.152. The maximum atomic E-state index is 3.60. The third-order valence-electron chi connectivity index (χ3n) is 5.15. The predicted octanol–water partition coefficient (Wildman–Crippen LogP) is 3.53. The molecule has 2 aliphatic rings. The molecule has 1 aromatic rings. The minimum Gasteiger partial charge on any atom is -0.312 e. The number of nitrogens with zero attached hydrogens (tertiary/aromatic N) is 1. The minimum atomic E-state index is 0.668. The molecule has 110 valence electrons. The van der Waals surface area contributed by atoms with Crippen molar-refractivity contribution in [3.05, 3.63) is 35.4 Å². The van der Waals surface area contributed by atoms with Gasteiger partial charge in [-0.2, -0.15) is 0 Å². The molecule has 2 nitrogen and oxygen atoms in total. The molecule has 0 radical (unpaired) electrons. The molecule has 3 rings (SSSR count). The van der Waals surface area contributed by atoms with Crippen LogP contribution in [0.1, 0.15) is 56.1 Å². The van der Waals surface area contributed by atoms with Crippen LogP contribution in [0, 0.1) is 0 Å². The summed E-state index contributed by atoms with van der Waals surface area (Å²) in [7, 11) is 0. The smallest absolute Gasteiger partial charge is 0.0208 e. The van der Waals surface area contributed by atoms with Crippen molar-refractivity contribution in [2.24, 2.45) is 0 Å². The molecule has 1 aliphatic heterocycles. The van der Waals surface area contributed by atoms with Crippen molar-refractivity contribution in [2.75, 3.05) is 19.6 Å². The molecule has 1 aliphatic carbocycles. The van der Waals surface area contributed by atoms with Crippen LogP contribution in [0.3, 0.4) is 0 Å². The molecule has 0 spiro atoms. The summed E-state index contributed by atoms with van der Waals surface area (Å²) in [6.07, 6.45) is 7.13. The molecule has 1 unspecified atom stereocenters. The van der Waals surface area contributed by atoms with E-state index in [4.69, 9.17) is 0 Å². The van der Waals surface area contributed by atoms with E-state index in [-0.39, 0.29) is 0 Å². The Morgan fingerprint density at radius 2 is 1.95 bits per heavy atom. The van der Waals surface area contributed by atoms with E-state index in [1.807, 2.05) is 0 Å². The van der Waals surface area contributed by atoms with Gasteiger partial charge in [0.2, 0.25) is 0 Å². The lowest BCUT2D eigenvalue weighted by Crippen LogP contribution is -2.42. The van der Waals surface area contributed by atoms with Gasteiger partial charge in [-0.1, -0.05) is 50.5 Å². The lowest BCUT2D eigenvalue weighted by Gasteiger charge is -2.37. The first-order valence-electron chi connectivity index (χ1n) is 8.41. The Labute approximate surface area is 123 Å². The summed E-state index contributed by atoms with van der Waals surface area (Å²) in [4.78, 5) is 2.74. The molecule has 0 amide bonds. The number of rotatable bonds is 4. The van der Waals surface area contributed by atoms with Gasteiger partial charge >= 0.3 is 0 Å². The third kappa shape index (κ3) is 3.07. The molecular weight excluding hydrogens is 244 g/mol. The maximum Gasteiger partial charge on any atom is 0.0208 e. The van der Waals surface area contributed by atoms with Crippen LogP contribution < -0.4 is 5.32 Å². The van der Waals surface area contributed by atoms with Gasteiger partial charge in [0.15, 0.2) is 0 Å². The van der Waals surface area contributed by atoms with Crippen LogP contribution in [0.2, 0.25) is 0 Å². The van der Waals surface area contributed by atoms with Gasteiger partial charge in [0.25, 0.3) is 0 Å². The van der Waals surface area contributed by atoms with Crippen molar-refractivity contribution < 1.29 is 0 Å². The average molecular weight is 272 g/mol. The molecule has 20 heavy (non-hydrogen) atoms. The molecule has 0 bridgehead atoms. The minimum absolute atomic E-state index is 0.668. The third-order valence-corrected chi connectivity index (χ3v) is 5.15. The number of hydrogen-bond acceptors (Lipinski definition) is 2. The van der Waals surface area contributed by atoms with Crippen molar-refractivity contribution in [1.82, 2.24) is 10.2 Å². The zero-order chi connectivity index (χ0) is 13.8. The van der Waals surface area contributed by atoms with E-state index in [0.717, 1.165) is 19.1 Å². The molecule has 2 heteroatoms. The number of hydrogen-bond donors (Lipinski definition) is 1. The highest BCUT2D eigenvalue weighted by molar-refractivity contribution is 5.32. The number of likely N-dealkylation sites (N-methyl/N-ethyl adjacent to an activating group) is 1. The summed E-state index contributed by atoms with van der Waals surface area (Å²) in [5.41, 5.74) is 3.09. The van der Waals surface area contributed by atoms with Gasteiger partial charge in [0.1, 0.15) is 0 Å². The number of nitrogens with one attached hydrogen (secondary N) is 1. The van der Waals surface area contributed by atoms with Crippen LogP contribution in [0.4, 0.5) is 0 Å². The van der Waals surface area contributed by atoms with Crippen molar-refractivity contribution in [3.63, 3.8) is 0 Å². The summed E-state index contributed by atoms with van der Waals surface area (Å²) >= 11 is 0. The molecule has 1 N–H and O–H groups in total. The van der Waals surface area contributed by atoms with Gasteiger partial charge in [0, 0.05) is 31.6 Å². The fourth-order valence-corrected chi connectivity index (χ4v) is 4.01. The molecule has 1 saturated carbocycles. The average Bonchev–Trinajstić information content (AvgIpc) is 2.53. The van der Waals surface area contributed by atoms with E-state index in [2.05, 4.69) is 41.4 Å². The van der Waals surface area contributed by atoms with Crippen molar-refractivity contribution in [1.29, 1.82) is 0 Å². The van der Waals surface area contributed by atoms with Gasteiger partial charge in [-0.15, -0.1) is 0 Å². The first kappa shape index (κ1) is 14.1. The van der Waals surface area contributed by atoms with E-state index in [0.29, 0.717) is 5.92 Å². The van der Waals surface area contributed by atoms with Crippen molar-refractivity contribution in [3.8, 4) is 0 Å². The van der Waals surface area contributed by atoms with Gasteiger partial charge in [-0.3, -0.25) is 0 Å². The molecule has 1 fully saturated rings. The Hall–Kier alpha value is -0.860. The highest BCUT2D eigenvalue weighted by atomic mass is 15.2. The quantitative estimate of drug-likeness (QED) is 0.902. The van der Waals surface area contributed by atoms with E-state index in [1.165, 1.54) is 50.8 Å². The van der Waals surface area contributed by atoms with E-state index in [1.54, 1.807) is 5.56 Å². The van der Waals surface area contributed by atoms with Gasteiger partial charge in [0.05, 0.1) is 0 Å². The normalized spacial score (nSPS) is 23.8. The van der Waals surface area contributed by atoms with Gasteiger partial charge in [-0.05, 0) is 30.5 Å². The summed E-state index contributed by atoms with van der Waals surface area (Å²) in [6, 6.07) is 9.83. The second-order valence-corrected chi connectivity index (χ2v) is 6.41. The standard InChI is InChI=1S/C18H28N2/c1-2-20(17-9-4-3-5-10-17)14-16-13-19-12-15-8-6-7-11-18(15)16/h6-8,11,16-17,19H,2-5,9-10,12-14H2,1H3. The topological polar surface area (TPSA) is 15.3 Å². The Morgan fingerprint density at radius 3 is 2.75 bits per heavy atom. The van der Waals surface area contributed by atoms with Crippen LogP contribution >= 0.6 is 0 Å². The SMILES string of the molecule is CCN(CC1CNCc2ccccc21)C1CCCCC1. The Bertz CT molecular complexity index is 423. The fraction of sp³-hybridized carbons (Fsp3) is 0.667. The van der Waals surface area contributed by atoms with E-state index in [9.17, 15) is 0 Å². The summed E-state index contributed by atoms with van der Waals surface area (Å²) in [5.74, 6) is 0.668. The molecule has 1 aromatic carbocycles. The predicted molar refractivity (Wildman–Crippen MR) is 85.0 cm³/mol. The Kier molecular flexibility index (Phi) is 4.74. The zero-order valence-corrected chi connectivity index (χ0v) is 12.8. The van der Waals surface area contributed by atoms with Crippen molar-refractivity contribution in [2.45, 2.75) is 57.5 Å². The highest BCUT2D eigenvalue weighted by Crippen LogP contribution is 2.28. The van der Waals surface area contributed by atoms with Crippen LogP contribution in [0.5, 0.6) is 0 Å². The van der Waals surface area contributed by atoms with Crippen LogP contribution in [0.25, 0.3) is 0 Å². The van der Waals surface area contributed by atoms with Gasteiger partial charge < -0.3 is 10.2 Å². The summed E-state index contributed by atoms with van der Waals surface area (Å²) in [6.45, 7) is 6.94. The van der Waals surface area contributed by atoms with Gasteiger partial charge in [-0.25, -0.2) is 0 Å². The zero-order valence-electron chi connectivity index (χ0n) is 12.8. The molecule has 0 saturated heterocycles. The lowest BCUT2D eigenvalue weighted by atomic mass is 9.88. The number of fused-ring (bicyclic) bond motifs is 1. The fourth-order valence-electron chi connectivity index (χ4n) is 4.01. The largest absolute Gasteiger partial charge is 0.312 e.